The van der Waals surface area contributed by atoms with Crippen molar-refractivity contribution in [1.82, 2.24) is 9.97 Å². The third kappa shape index (κ3) is 5.18. The molecule has 3 aromatic rings. The van der Waals surface area contributed by atoms with Crippen LogP contribution >= 0.6 is 0 Å². The molecule has 2 aliphatic rings. The number of aromatic nitrogens is 2. The fourth-order valence-electron chi connectivity index (χ4n) is 5.32. The highest BCUT2D eigenvalue weighted by atomic mass is 19.4. The summed E-state index contributed by atoms with van der Waals surface area (Å²) in [6, 6.07) is 8.34. The first-order chi connectivity index (χ1) is 17.7. The maximum atomic E-state index is 13.1. The topological polar surface area (TPSA) is 67.3 Å². The summed E-state index contributed by atoms with van der Waals surface area (Å²) >= 11 is 0. The van der Waals surface area contributed by atoms with Gasteiger partial charge in [0, 0.05) is 54.2 Å². The summed E-state index contributed by atoms with van der Waals surface area (Å²) < 4.78 is 45.1. The minimum atomic E-state index is -4.52. The molecule has 0 saturated carbocycles. The molecular formula is C28H29F3N4O2. The average molecular weight is 511 g/mol. The molecule has 37 heavy (non-hydrogen) atoms. The van der Waals surface area contributed by atoms with Gasteiger partial charge in [-0.15, -0.1) is 0 Å². The van der Waals surface area contributed by atoms with E-state index in [4.69, 9.17) is 9.72 Å². The number of hydrogen-bond donors (Lipinski definition) is 1. The fourth-order valence-corrected chi connectivity index (χ4v) is 5.32. The van der Waals surface area contributed by atoms with Crippen LogP contribution in [0, 0.1) is 12.8 Å². The lowest BCUT2D eigenvalue weighted by atomic mass is 9.80. The Bertz CT molecular complexity index is 1310. The van der Waals surface area contributed by atoms with Gasteiger partial charge in [0.05, 0.1) is 24.1 Å². The Morgan fingerprint density at radius 2 is 2.03 bits per heavy atom. The highest BCUT2D eigenvalue weighted by molar-refractivity contribution is 6.04. The number of anilines is 2. The third-order valence-electron chi connectivity index (χ3n) is 7.24. The zero-order valence-corrected chi connectivity index (χ0v) is 20.8. The molecular weight excluding hydrogens is 481 g/mol. The van der Waals surface area contributed by atoms with Crippen molar-refractivity contribution in [2.75, 3.05) is 36.5 Å². The average Bonchev–Trinajstić information content (AvgIpc) is 3.14. The second-order valence-corrected chi connectivity index (χ2v) is 9.65. The number of pyridine rings is 2. The van der Waals surface area contributed by atoms with E-state index in [0.717, 1.165) is 73.9 Å². The van der Waals surface area contributed by atoms with Crippen molar-refractivity contribution in [3.8, 4) is 11.1 Å². The van der Waals surface area contributed by atoms with E-state index in [-0.39, 0.29) is 5.56 Å². The quantitative estimate of drug-likeness (QED) is 0.461. The number of nitrogens with zero attached hydrogens (tertiary/aromatic N) is 3. The maximum absolute atomic E-state index is 13.1. The number of alkyl halides is 3. The Kier molecular flexibility index (Phi) is 6.90. The molecule has 194 valence electrons. The van der Waals surface area contributed by atoms with Gasteiger partial charge in [-0.1, -0.05) is 6.07 Å². The molecule has 0 unspecified atom stereocenters. The van der Waals surface area contributed by atoms with Gasteiger partial charge in [0.2, 0.25) is 0 Å². The van der Waals surface area contributed by atoms with Gasteiger partial charge in [0.15, 0.2) is 0 Å². The lowest BCUT2D eigenvalue weighted by Gasteiger charge is -2.39. The van der Waals surface area contributed by atoms with Crippen LogP contribution in [-0.4, -0.2) is 42.2 Å². The lowest BCUT2D eigenvalue weighted by Crippen LogP contribution is -2.39. The van der Waals surface area contributed by atoms with E-state index in [1.807, 2.05) is 13.1 Å². The van der Waals surface area contributed by atoms with E-state index >= 15 is 0 Å². The minimum absolute atomic E-state index is 0.0753. The number of nitrogens with one attached hydrogen (secondary N) is 1. The molecule has 2 aliphatic heterocycles. The number of amides is 1. The largest absolute Gasteiger partial charge is 0.416 e. The van der Waals surface area contributed by atoms with Crippen molar-refractivity contribution in [2.45, 2.75) is 38.8 Å². The summed E-state index contributed by atoms with van der Waals surface area (Å²) in [4.78, 5) is 24.3. The molecule has 1 saturated heterocycles. The predicted octanol–water partition coefficient (Wildman–Crippen LogP) is 6.07. The Morgan fingerprint density at radius 3 is 2.81 bits per heavy atom. The van der Waals surface area contributed by atoms with Gasteiger partial charge in [-0.3, -0.25) is 9.78 Å². The standard InChI is InChI=1S/C28H29F3N4O2/c1-3-35-15-20-16-37-9-5-8-23(20)25-11-19(13-33-26(25)35)24-12-22(14-32-17(24)2)34-27(36)18-6-4-7-21(10-18)28(29,30)31/h4,6-7,10-14,20,23H,3,5,8-9,15-16H2,1-2H3,(H,34,36)/t20-,23-/m1/s1. The number of carbonyl (C=O) groups excluding carboxylic acids is 1. The van der Waals surface area contributed by atoms with Crippen LogP contribution in [0.4, 0.5) is 24.7 Å². The summed E-state index contributed by atoms with van der Waals surface area (Å²) in [7, 11) is 0. The van der Waals surface area contributed by atoms with Gasteiger partial charge >= 0.3 is 6.18 Å². The van der Waals surface area contributed by atoms with Crippen LogP contribution in [0.2, 0.25) is 0 Å². The number of hydrogen-bond acceptors (Lipinski definition) is 5. The van der Waals surface area contributed by atoms with Gasteiger partial charge in [-0.25, -0.2) is 4.98 Å². The SMILES string of the molecule is CCN1C[C@@H]2COCCC[C@H]2c2cc(-c3cc(NC(=O)c4cccc(C(F)(F)F)c4)cnc3C)cnc21. The second-order valence-electron chi connectivity index (χ2n) is 9.65. The van der Waals surface area contributed by atoms with Crippen LogP contribution < -0.4 is 10.2 Å². The molecule has 0 spiro atoms. The number of fused-ring (bicyclic) bond motifs is 3. The molecule has 0 bridgehead atoms. The van der Waals surface area contributed by atoms with Crippen LogP contribution in [0.5, 0.6) is 0 Å². The third-order valence-corrected chi connectivity index (χ3v) is 7.24. The van der Waals surface area contributed by atoms with Crippen molar-refractivity contribution in [3.05, 3.63) is 71.2 Å². The number of halogens is 3. The van der Waals surface area contributed by atoms with Crippen LogP contribution in [0.1, 0.15) is 52.9 Å². The van der Waals surface area contributed by atoms with Gasteiger partial charge in [-0.2, -0.15) is 13.2 Å². The molecule has 1 aromatic carbocycles. The zero-order chi connectivity index (χ0) is 26.2. The van der Waals surface area contributed by atoms with Crippen molar-refractivity contribution >= 4 is 17.4 Å². The van der Waals surface area contributed by atoms with Crippen molar-refractivity contribution in [3.63, 3.8) is 0 Å². The van der Waals surface area contributed by atoms with Gasteiger partial charge in [0.1, 0.15) is 5.82 Å². The smallest absolute Gasteiger partial charge is 0.381 e. The number of aryl methyl sites for hydroxylation is 1. The highest BCUT2D eigenvalue weighted by Crippen LogP contribution is 2.43. The van der Waals surface area contributed by atoms with Crippen molar-refractivity contribution in [2.24, 2.45) is 5.92 Å². The second kappa shape index (κ2) is 10.1. The number of rotatable bonds is 4. The predicted molar refractivity (Wildman–Crippen MR) is 136 cm³/mol. The fraction of sp³-hybridized carbons (Fsp3) is 0.393. The molecule has 9 heteroatoms. The highest BCUT2D eigenvalue weighted by Gasteiger charge is 2.35. The molecule has 0 aliphatic carbocycles. The number of ether oxygens (including phenoxy) is 1. The van der Waals surface area contributed by atoms with E-state index in [9.17, 15) is 18.0 Å². The lowest BCUT2D eigenvalue weighted by molar-refractivity contribution is -0.137. The van der Waals surface area contributed by atoms with Crippen LogP contribution in [0.15, 0.2) is 48.8 Å². The molecule has 2 atom stereocenters. The number of benzene rings is 1. The van der Waals surface area contributed by atoms with Gasteiger partial charge in [0.25, 0.3) is 5.91 Å². The number of carbonyl (C=O) groups is 1. The van der Waals surface area contributed by atoms with Crippen molar-refractivity contribution in [1.29, 1.82) is 0 Å². The molecule has 0 radical (unpaired) electrons. The summed E-state index contributed by atoms with van der Waals surface area (Å²) in [6.45, 7) is 7.31. The first kappa shape index (κ1) is 25.2. The molecule has 2 aromatic heterocycles. The van der Waals surface area contributed by atoms with Gasteiger partial charge < -0.3 is 15.0 Å². The first-order valence-corrected chi connectivity index (χ1v) is 12.5. The van der Waals surface area contributed by atoms with E-state index < -0.39 is 17.6 Å². The van der Waals surface area contributed by atoms with Crippen LogP contribution in [0.3, 0.4) is 0 Å². The van der Waals surface area contributed by atoms with E-state index in [2.05, 4.69) is 28.2 Å². The molecule has 5 rings (SSSR count). The summed E-state index contributed by atoms with van der Waals surface area (Å²) in [5, 5.41) is 2.69. The van der Waals surface area contributed by atoms with E-state index in [0.29, 0.717) is 17.5 Å². The Morgan fingerprint density at radius 1 is 1.19 bits per heavy atom. The maximum Gasteiger partial charge on any atom is 0.416 e. The monoisotopic (exact) mass is 510 g/mol. The van der Waals surface area contributed by atoms with E-state index in [1.165, 1.54) is 23.9 Å². The minimum Gasteiger partial charge on any atom is -0.381 e. The van der Waals surface area contributed by atoms with Gasteiger partial charge in [-0.05, 0) is 68.5 Å². The first-order valence-electron chi connectivity index (χ1n) is 12.5. The summed E-state index contributed by atoms with van der Waals surface area (Å²) in [5.74, 6) is 1.15. The van der Waals surface area contributed by atoms with Crippen LogP contribution in [0.25, 0.3) is 11.1 Å². The van der Waals surface area contributed by atoms with E-state index in [1.54, 1.807) is 6.07 Å². The normalized spacial score (nSPS) is 19.5. The molecule has 4 heterocycles. The summed E-state index contributed by atoms with van der Waals surface area (Å²) in [6.07, 6.45) is 0.870. The zero-order valence-electron chi connectivity index (χ0n) is 20.8. The molecule has 6 nitrogen and oxygen atoms in total. The molecule has 1 N–H and O–H groups in total. The Balaban J connectivity index is 1.45. The summed E-state index contributed by atoms with van der Waals surface area (Å²) in [5.41, 5.74) is 3.13. The van der Waals surface area contributed by atoms with Crippen LogP contribution in [-0.2, 0) is 10.9 Å². The Labute approximate surface area is 213 Å². The molecule has 1 fully saturated rings. The van der Waals surface area contributed by atoms with Crippen molar-refractivity contribution < 1.29 is 22.7 Å². The Hall–Kier alpha value is -3.46. The molecule has 1 amide bonds.